The largest absolute Gasteiger partial charge is 0.266 e. The van der Waals surface area contributed by atoms with Gasteiger partial charge >= 0.3 is 0 Å². The minimum atomic E-state index is 0. The maximum atomic E-state index is 5.47. The smallest absolute Gasteiger partial charge is 0.0785 e. The van der Waals surface area contributed by atoms with Crippen LogP contribution in [0.3, 0.4) is 0 Å². The van der Waals surface area contributed by atoms with Crippen LogP contribution in [-0.4, -0.2) is 11.5 Å². The highest BCUT2D eigenvalue weighted by Crippen LogP contribution is 2.52. The van der Waals surface area contributed by atoms with Crippen LogP contribution in [0, 0.1) is 0 Å². The van der Waals surface area contributed by atoms with Crippen LogP contribution in [0.25, 0.3) is 0 Å². The van der Waals surface area contributed by atoms with Crippen LogP contribution in [0.5, 0.6) is 0 Å². The molecule has 0 spiro atoms. The average Bonchev–Trinajstić information content (AvgIpc) is 2.64. The number of hydrogen-bond acceptors (Lipinski definition) is 4. The van der Waals surface area contributed by atoms with Gasteiger partial charge in [-0.15, -0.1) is 0 Å². The number of fused-ring (bicyclic) bond motifs is 1. The first-order chi connectivity index (χ1) is 5.29. The van der Waals surface area contributed by atoms with Crippen LogP contribution < -0.4 is 10.1 Å². The average molecular weight is 201 g/mol. The number of nitrogens with zero attached hydrogens (tertiary/aromatic N) is 2. The molecule has 0 atom stereocenters. The topological polar surface area (TPSA) is 32.3 Å². The molecule has 1 heterocycles. The summed E-state index contributed by atoms with van der Waals surface area (Å²) in [5.41, 5.74) is 2.52. The normalized spacial score (nSPS) is 12.4. The van der Waals surface area contributed by atoms with Crippen molar-refractivity contribution in [1.29, 1.82) is 0 Å². The monoisotopic (exact) mass is 201 g/mol. The van der Waals surface area contributed by atoms with E-state index in [1.165, 1.54) is 23.5 Å². The van der Waals surface area contributed by atoms with Gasteiger partial charge in [0.05, 0.1) is 23.5 Å². The Morgan fingerprint density at radius 1 is 1.33 bits per heavy atom. The number of para-hydroxylation sites is 2. The third-order valence-electron chi connectivity index (χ3n) is 1.48. The molecule has 3 nitrogen and oxygen atoms in total. The van der Waals surface area contributed by atoms with Gasteiger partial charge in [-0.25, -0.2) is 0 Å². The van der Waals surface area contributed by atoms with Gasteiger partial charge in [0.2, 0.25) is 0 Å². The Labute approximate surface area is 83.2 Å². The van der Waals surface area contributed by atoms with Crippen molar-refractivity contribution in [3.63, 3.8) is 0 Å². The van der Waals surface area contributed by atoms with Gasteiger partial charge in [0.25, 0.3) is 0 Å². The van der Waals surface area contributed by atoms with Crippen LogP contribution in [0.2, 0.25) is 0 Å². The molecule has 0 fully saturated rings. The van der Waals surface area contributed by atoms with E-state index in [0.717, 1.165) is 0 Å². The molecule has 0 amide bonds. The lowest BCUT2D eigenvalue weighted by atomic mass is 10.4. The zero-order valence-corrected chi connectivity index (χ0v) is 8.51. The fraction of sp³-hybridized carbons (Fsp3) is 0.143. The van der Waals surface area contributed by atoms with E-state index in [1.54, 1.807) is 4.41 Å². The van der Waals surface area contributed by atoms with E-state index in [4.69, 9.17) is 5.84 Å². The first-order valence-electron chi connectivity index (χ1n) is 3.35. The van der Waals surface area contributed by atoms with Crippen LogP contribution in [0.4, 0.5) is 11.4 Å². The molecule has 0 aromatic heterocycles. The van der Waals surface area contributed by atoms with Crippen LogP contribution >= 0.6 is 25.6 Å². The van der Waals surface area contributed by atoms with E-state index in [0.29, 0.717) is 0 Å². The Morgan fingerprint density at radius 3 is 2.25 bits per heavy atom. The Morgan fingerprint density at radius 2 is 1.83 bits per heavy atom. The molecule has 66 valence electrons. The Bertz CT molecular complexity index is 254. The third-order valence-corrected chi connectivity index (χ3v) is 2.29. The molecule has 0 saturated heterocycles. The molecule has 1 aliphatic rings. The third kappa shape index (κ3) is 1.69. The summed E-state index contributed by atoms with van der Waals surface area (Å²) in [6.45, 7) is 0. The highest BCUT2D eigenvalue weighted by Gasteiger charge is 2.29. The van der Waals surface area contributed by atoms with Crippen molar-refractivity contribution in [3.8, 4) is 0 Å². The summed E-state index contributed by atoms with van der Waals surface area (Å²) in [4.78, 5) is 0. The van der Waals surface area contributed by atoms with Crippen molar-refractivity contribution in [2.75, 3.05) is 11.4 Å². The van der Waals surface area contributed by atoms with Gasteiger partial charge in [0.1, 0.15) is 0 Å². The molecular formula is C7H11N3S2. The second-order valence-corrected chi connectivity index (χ2v) is 3.52. The molecule has 0 bridgehead atoms. The van der Waals surface area contributed by atoms with Crippen LogP contribution in [-0.2, 0) is 0 Å². The second kappa shape index (κ2) is 3.57. The zero-order chi connectivity index (χ0) is 7.84. The van der Waals surface area contributed by atoms with Crippen molar-refractivity contribution in [2.45, 2.75) is 0 Å². The highest BCUT2D eigenvalue weighted by atomic mass is 32.2. The second-order valence-electron chi connectivity index (χ2n) is 2.41. The number of rotatable bonds is 2. The minimum absolute atomic E-state index is 0. The van der Waals surface area contributed by atoms with Gasteiger partial charge in [0.15, 0.2) is 0 Å². The Balaban J connectivity index is 0.000000720. The molecular weight excluding hydrogens is 190 g/mol. The number of nitrogens with two attached hydrogens (primary N) is 1. The van der Waals surface area contributed by atoms with Gasteiger partial charge in [-0.3, -0.25) is 10.1 Å². The number of hydrazine groups is 1. The van der Waals surface area contributed by atoms with E-state index in [2.05, 4.69) is 16.4 Å². The fourth-order valence-electron chi connectivity index (χ4n) is 0.991. The molecule has 1 aliphatic heterocycles. The van der Waals surface area contributed by atoms with Gasteiger partial charge in [0, 0.05) is 7.05 Å². The summed E-state index contributed by atoms with van der Waals surface area (Å²) in [6, 6.07) is 8.20. The lowest BCUT2D eigenvalue weighted by molar-refractivity contribution is 0.611. The van der Waals surface area contributed by atoms with E-state index in [9.17, 15) is 0 Å². The molecule has 12 heavy (non-hydrogen) atoms. The summed E-state index contributed by atoms with van der Waals surface area (Å²) >= 11 is 1.49. The van der Waals surface area contributed by atoms with E-state index in [1.807, 2.05) is 19.2 Å². The van der Waals surface area contributed by atoms with E-state index in [-0.39, 0.29) is 13.5 Å². The van der Waals surface area contributed by atoms with Gasteiger partial charge in [-0.05, 0) is 12.1 Å². The van der Waals surface area contributed by atoms with Gasteiger partial charge in [-0.1, -0.05) is 12.1 Å². The lowest BCUT2D eigenvalue weighted by Crippen LogP contribution is -2.19. The maximum absolute atomic E-state index is 5.47. The molecule has 1 aromatic rings. The predicted molar refractivity (Wildman–Crippen MR) is 58.5 cm³/mol. The standard InChI is InChI=1S/C7H9N3S.H2S/c1-9(8)11-10-6-4-2-3-5-7(6)10;/h2-5H,8H2,1H3;1H2. The number of benzene rings is 1. The van der Waals surface area contributed by atoms with E-state index < -0.39 is 0 Å². The van der Waals surface area contributed by atoms with Crippen molar-refractivity contribution in [2.24, 2.45) is 5.84 Å². The van der Waals surface area contributed by atoms with Gasteiger partial charge in [-0.2, -0.15) is 17.9 Å². The van der Waals surface area contributed by atoms with Crippen LogP contribution in [0.1, 0.15) is 0 Å². The first-order valence-corrected chi connectivity index (χ1v) is 4.08. The first kappa shape index (κ1) is 9.73. The van der Waals surface area contributed by atoms with Crippen molar-refractivity contribution >= 4 is 37.0 Å². The maximum Gasteiger partial charge on any atom is 0.0785 e. The molecule has 0 unspecified atom stereocenters. The van der Waals surface area contributed by atoms with Crippen molar-refractivity contribution in [1.82, 2.24) is 4.41 Å². The highest BCUT2D eigenvalue weighted by molar-refractivity contribution is 7.99. The zero-order valence-electron chi connectivity index (χ0n) is 6.69. The molecule has 2 N–H and O–H groups in total. The summed E-state index contributed by atoms with van der Waals surface area (Å²) in [7, 11) is 1.82. The Hall–Kier alpha value is -0.360. The molecule has 0 aliphatic carbocycles. The SMILES string of the molecule is CN(N)SN1c2ccccc21.S. The molecule has 0 radical (unpaired) electrons. The van der Waals surface area contributed by atoms with Crippen LogP contribution in [0.15, 0.2) is 24.3 Å². The molecule has 2 rings (SSSR count). The molecule has 1 aromatic carbocycles. The van der Waals surface area contributed by atoms with E-state index >= 15 is 0 Å². The summed E-state index contributed by atoms with van der Waals surface area (Å²) in [6.07, 6.45) is 0. The molecule has 5 heteroatoms. The number of anilines is 2. The van der Waals surface area contributed by atoms with Gasteiger partial charge < -0.3 is 0 Å². The Kier molecular flexibility index (Phi) is 2.89. The summed E-state index contributed by atoms with van der Waals surface area (Å²) in [5, 5.41) is 0. The lowest BCUT2D eigenvalue weighted by Gasteiger charge is -2.07. The van der Waals surface area contributed by atoms with Crippen molar-refractivity contribution < 1.29 is 0 Å². The molecule has 0 saturated carbocycles. The van der Waals surface area contributed by atoms with Crippen molar-refractivity contribution in [3.05, 3.63) is 24.3 Å². The quantitative estimate of drug-likeness (QED) is 0.341. The number of hydrogen-bond donors (Lipinski definition) is 1. The minimum Gasteiger partial charge on any atom is -0.266 e. The summed E-state index contributed by atoms with van der Waals surface area (Å²) < 4.78 is 3.67. The fourth-order valence-corrected chi connectivity index (χ4v) is 1.69. The predicted octanol–water partition coefficient (Wildman–Crippen LogP) is 1.62. The summed E-state index contributed by atoms with van der Waals surface area (Å²) in [5.74, 6) is 5.47.